The van der Waals surface area contributed by atoms with E-state index in [0.29, 0.717) is 0 Å². The van der Waals surface area contributed by atoms with E-state index in [1.165, 1.54) is 6.92 Å². The maximum Gasteiger partial charge on any atom is 0.221 e. The van der Waals surface area contributed by atoms with E-state index >= 15 is 0 Å². The molecule has 0 saturated carbocycles. The SMILES string of the molecule is CC(=O)Nc1cccc2c1c(=S)c1ccccc1n2C. The van der Waals surface area contributed by atoms with Gasteiger partial charge in [-0.25, -0.2) is 0 Å². The molecular formula is C16H14N2OS. The van der Waals surface area contributed by atoms with Gasteiger partial charge >= 0.3 is 0 Å². The Labute approximate surface area is 121 Å². The lowest BCUT2D eigenvalue weighted by molar-refractivity contribution is -0.114. The van der Waals surface area contributed by atoms with Crippen molar-refractivity contribution in [1.29, 1.82) is 0 Å². The average molecular weight is 282 g/mol. The summed E-state index contributed by atoms with van der Waals surface area (Å²) in [6, 6.07) is 13.9. The molecule has 1 aromatic heterocycles. The van der Waals surface area contributed by atoms with Gasteiger partial charge < -0.3 is 9.88 Å². The second-order valence-corrected chi connectivity index (χ2v) is 5.19. The van der Waals surface area contributed by atoms with Crippen LogP contribution in [-0.4, -0.2) is 10.5 Å². The predicted molar refractivity (Wildman–Crippen MR) is 85.6 cm³/mol. The molecule has 0 fully saturated rings. The minimum Gasteiger partial charge on any atom is -0.343 e. The van der Waals surface area contributed by atoms with Gasteiger partial charge in [0.1, 0.15) is 0 Å². The van der Waals surface area contributed by atoms with Gasteiger partial charge in [0.25, 0.3) is 0 Å². The maximum atomic E-state index is 11.4. The lowest BCUT2D eigenvalue weighted by Gasteiger charge is -2.14. The van der Waals surface area contributed by atoms with Crippen molar-refractivity contribution in [2.75, 3.05) is 5.32 Å². The zero-order chi connectivity index (χ0) is 14.3. The van der Waals surface area contributed by atoms with Crippen molar-refractivity contribution in [2.45, 2.75) is 6.92 Å². The molecule has 2 aromatic carbocycles. The highest BCUT2D eigenvalue weighted by molar-refractivity contribution is 7.72. The molecule has 0 radical (unpaired) electrons. The molecule has 0 atom stereocenters. The van der Waals surface area contributed by atoms with Gasteiger partial charge in [-0.3, -0.25) is 4.79 Å². The first-order valence-electron chi connectivity index (χ1n) is 6.37. The first-order valence-corrected chi connectivity index (χ1v) is 6.78. The molecule has 1 amide bonds. The molecule has 1 heterocycles. The number of amides is 1. The fourth-order valence-corrected chi connectivity index (χ4v) is 2.96. The first kappa shape index (κ1) is 12.8. The van der Waals surface area contributed by atoms with Gasteiger partial charge in [0, 0.05) is 30.3 Å². The standard InChI is InChI=1S/C16H14N2OS/c1-10(19)17-12-7-5-9-14-15(12)16(20)11-6-3-4-8-13(11)18(14)2/h3-9H,1-2H3,(H,17,19). The van der Waals surface area contributed by atoms with E-state index in [9.17, 15) is 4.79 Å². The molecule has 100 valence electrons. The molecule has 3 rings (SSSR count). The summed E-state index contributed by atoms with van der Waals surface area (Å²) in [6.45, 7) is 1.50. The predicted octanol–water partition coefficient (Wildman–Crippen LogP) is 4.02. The Hall–Kier alpha value is -2.20. The molecule has 0 unspecified atom stereocenters. The smallest absolute Gasteiger partial charge is 0.221 e. The van der Waals surface area contributed by atoms with Gasteiger partial charge in [0.15, 0.2) is 0 Å². The normalized spacial score (nSPS) is 10.9. The second kappa shape index (κ2) is 4.72. The largest absolute Gasteiger partial charge is 0.343 e. The van der Waals surface area contributed by atoms with Crippen LogP contribution in [0.2, 0.25) is 0 Å². The highest BCUT2D eigenvalue weighted by atomic mass is 32.1. The summed E-state index contributed by atoms with van der Waals surface area (Å²) in [5, 5.41) is 4.80. The van der Waals surface area contributed by atoms with Crippen molar-refractivity contribution >= 4 is 45.6 Å². The number of benzene rings is 2. The third-order valence-electron chi connectivity index (χ3n) is 3.45. The number of para-hydroxylation sites is 1. The fourth-order valence-electron chi connectivity index (χ4n) is 2.57. The van der Waals surface area contributed by atoms with Crippen LogP contribution in [0.15, 0.2) is 42.5 Å². The van der Waals surface area contributed by atoms with E-state index in [2.05, 4.69) is 16.0 Å². The van der Waals surface area contributed by atoms with E-state index < -0.39 is 0 Å². The lowest BCUT2D eigenvalue weighted by Crippen LogP contribution is -2.07. The number of nitrogens with one attached hydrogen (secondary N) is 1. The number of anilines is 1. The number of carbonyl (C=O) groups excluding carboxylic acids is 1. The van der Waals surface area contributed by atoms with Crippen LogP contribution >= 0.6 is 12.2 Å². The molecule has 3 nitrogen and oxygen atoms in total. The molecular weight excluding hydrogens is 268 g/mol. The molecule has 20 heavy (non-hydrogen) atoms. The molecule has 0 aliphatic carbocycles. The third kappa shape index (κ3) is 1.89. The van der Waals surface area contributed by atoms with Crippen molar-refractivity contribution < 1.29 is 4.79 Å². The molecule has 0 aliphatic heterocycles. The third-order valence-corrected chi connectivity index (χ3v) is 3.88. The summed E-state index contributed by atoms with van der Waals surface area (Å²) in [5.74, 6) is -0.0947. The fraction of sp³-hybridized carbons (Fsp3) is 0.125. The monoisotopic (exact) mass is 282 g/mol. The van der Waals surface area contributed by atoms with Gasteiger partial charge in [-0.05, 0) is 18.2 Å². The second-order valence-electron chi connectivity index (χ2n) is 4.79. The molecule has 3 aromatic rings. The van der Waals surface area contributed by atoms with Crippen LogP contribution in [0.1, 0.15) is 6.92 Å². The van der Waals surface area contributed by atoms with Crippen LogP contribution < -0.4 is 5.32 Å². The van der Waals surface area contributed by atoms with Crippen LogP contribution in [0.3, 0.4) is 0 Å². The number of hydrogen-bond acceptors (Lipinski definition) is 2. The first-order chi connectivity index (χ1) is 9.59. The number of rotatable bonds is 1. The number of hydrogen-bond donors (Lipinski definition) is 1. The number of aryl methyl sites for hydroxylation is 1. The van der Waals surface area contributed by atoms with Crippen LogP contribution in [0, 0.1) is 4.51 Å². The van der Waals surface area contributed by atoms with Crippen LogP contribution in [0.5, 0.6) is 0 Å². The number of nitrogens with zero attached hydrogens (tertiary/aromatic N) is 1. The minimum atomic E-state index is -0.0947. The molecule has 0 aliphatic rings. The van der Waals surface area contributed by atoms with Crippen LogP contribution in [0.4, 0.5) is 5.69 Å². The highest BCUT2D eigenvalue weighted by Crippen LogP contribution is 2.30. The van der Waals surface area contributed by atoms with E-state index in [-0.39, 0.29) is 5.91 Å². The molecule has 1 N–H and O–H groups in total. The Kier molecular flexibility index (Phi) is 3.03. The average Bonchev–Trinajstić information content (AvgIpc) is 2.44. The van der Waals surface area contributed by atoms with Crippen molar-refractivity contribution in [1.82, 2.24) is 4.57 Å². The topological polar surface area (TPSA) is 34.0 Å². The van der Waals surface area contributed by atoms with Gasteiger partial charge in [-0.15, -0.1) is 0 Å². The van der Waals surface area contributed by atoms with Gasteiger partial charge in [-0.1, -0.05) is 36.5 Å². The molecule has 4 heteroatoms. The number of fused-ring (bicyclic) bond motifs is 2. The summed E-state index contributed by atoms with van der Waals surface area (Å²) in [6.07, 6.45) is 0. The van der Waals surface area contributed by atoms with Crippen molar-refractivity contribution in [2.24, 2.45) is 7.05 Å². The van der Waals surface area contributed by atoms with E-state index in [0.717, 1.165) is 32.0 Å². The van der Waals surface area contributed by atoms with Crippen LogP contribution in [-0.2, 0) is 11.8 Å². The summed E-state index contributed by atoms with van der Waals surface area (Å²) in [7, 11) is 2.01. The number of carbonyl (C=O) groups is 1. The van der Waals surface area contributed by atoms with Gasteiger partial charge in [0.05, 0.1) is 15.7 Å². The highest BCUT2D eigenvalue weighted by Gasteiger charge is 2.10. The Morgan fingerprint density at radius 1 is 1.10 bits per heavy atom. The summed E-state index contributed by atoms with van der Waals surface area (Å²) in [5.41, 5.74) is 2.87. The summed E-state index contributed by atoms with van der Waals surface area (Å²) in [4.78, 5) is 11.4. The number of pyridine rings is 1. The Bertz CT molecular complexity index is 896. The minimum absolute atomic E-state index is 0.0947. The van der Waals surface area contributed by atoms with Crippen molar-refractivity contribution in [3.8, 4) is 0 Å². The zero-order valence-electron chi connectivity index (χ0n) is 11.3. The molecule has 0 spiro atoms. The van der Waals surface area contributed by atoms with E-state index in [1.54, 1.807) is 0 Å². The Morgan fingerprint density at radius 2 is 1.80 bits per heavy atom. The molecule has 0 bridgehead atoms. The number of aromatic nitrogens is 1. The zero-order valence-corrected chi connectivity index (χ0v) is 12.1. The Morgan fingerprint density at radius 3 is 2.55 bits per heavy atom. The van der Waals surface area contributed by atoms with Crippen molar-refractivity contribution in [3.05, 3.63) is 47.0 Å². The van der Waals surface area contributed by atoms with Gasteiger partial charge in [0.2, 0.25) is 5.91 Å². The quantitative estimate of drug-likeness (QED) is 0.540. The summed E-state index contributed by atoms with van der Waals surface area (Å²) < 4.78 is 2.88. The van der Waals surface area contributed by atoms with Crippen LogP contribution in [0.25, 0.3) is 21.8 Å². The van der Waals surface area contributed by atoms with Crippen molar-refractivity contribution in [3.63, 3.8) is 0 Å². The summed E-state index contributed by atoms with van der Waals surface area (Å²) >= 11 is 5.63. The van der Waals surface area contributed by atoms with E-state index in [1.807, 2.05) is 43.4 Å². The van der Waals surface area contributed by atoms with Gasteiger partial charge in [-0.2, -0.15) is 0 Å². The molecule has 0 saturated heterocycles. The van der Waals surface area contributed by atoms with E-state index in [4.69, 9.17) is 12.2 Å². The Balaban J connectivity index is 2.53. The lowest BCUT2D eigenvalue weighted by atomic mass is 10.1. The maximum absolute atomic E-state index is 11.4.